The minimum absolute atomic E-state index is 0.449. The zero-order valence-corrected chi connectivity index (χ0v) is 7.20. The zero-order valence-electron chi connectivity index (χ0n) is 7.20. The van der Waals surface area contributed by atoms with Crippen LogP contribution in [0.25, 0.3) is 0 Å². The monoisotopic (exact) mass is 152 g/mol. The maximum atomic E-state index is 4.09. The first-order valence-electron chi connectivity index (χ1n) is 3.78. The van der Waals surface area contributed by atoms with Gasteiger partial charge in [-0.2, -0.15) is 0 Å². The Hall–Kier alpha value is -1.12. The molecule has 0 radical (unpaired) electrons. The van der Waals surface area contributed by atoms with Gasteiger partial charge in [0, 0.05) is 6.07 Å². The molecule has 1 aromatic rings. The summed E-state index contributed by atoms with van der Waals surface area (Å²) in [4.78, 5) is 0. The van der Waals surface area contributed by atoms with Gasteiger partial charge in [-0.15, -0.1) is 4.68 Å². The van der Waals surface area contributed by atoms with E-state index in [1.807, 2.05) is 23.9 Å². The smallest absolute Gasteiger partial charge is 0.271 e. The Morgan fingerprint density at radius 3 is 2.82 bits per heavy atom. The maximum absolute atomic E-state index is 4.09. The number of aryl methyl sites for hydroxylation is 1. The van der Waals surface area contributed by atoms with Crippen molar-refractivity contribution >= 4 is 5.82 Å². The lowest BCUT2D eigenvalue weighted by Crippen LogP contribution is -2.37. The molecule has 1 heterocycles. The van der Waals surface area contributed by atoms with Gasteiger partial charge in [0.25, 0.3) is 5.82 Å². The summed E-state index contributed by atoms with van der Waals surface area (Å²) >= 11 is 0. The molecule has 1 rings (SSSR count). The third-order valence-corrected chi connectivity index (χ3v) is 1.37. The summed E-state index contributed by atoms with van der Waals surface area (Å²) in [7, 11) is 1.92. The maximum Gasteiger partial charge on any atom is 0.295 e. The van der Waals surface area contributed by atoms with Crippen molar-refractivity contribution in [2.45, 2.75) is 19.9 Å². The number of nitrogens with one attached hydrogen (secondary N) is 1. The van der Waals surface area contributed by atoms with Crippen molar-refractivity contribution in [3.63, 3.8) is 0 Å². The Bertz CT molecular complexity index is 233. The van der Waals surface area contributed by atoms with Crippen LogP contribution >= 0.6 is 0 Å². The molecule has 0 unspecified atom stereocenters. The number of anilines is 1. The third-order valence-electron chi connectivity index (χ3n) is 1.37. The Morgan fingerprint density at radius 2 is 2.27 bits per heavy atom. The molecule has 0 atom stereocenters. The van der Waals surface area contributed by atoms with Gasteiger partial charge in [0.05, 0.1) is 12.2 Å². The lowest BCUT2D eigenvalue weighted by atomic mass is 10.4. The van der Waals surface area contributed by atoms with Gasteiger partial charge in [-0.25, -0.2) is 0 Å². The molecular weight excluding hydrogens is 138 g/mol. The minimum atomic E-state index is 0.449. The lowest BCUT2D eigenvalue weighted by molar-refractivity contribution is -0.717. The average Bonchev–Trinajstić information content (AvgIpc) is 1.93. The first-order chi connectivity index (χ1) is 5.20. The first kappa shape index (κ1) is 7.98. The fourth-order valence-electron chi connectivity index (χ4n) is 0.880. The van der Waals surface area contributed by atoms with Crippen LogP contribution in [0.2, 0.25) is 0 Å². The largest absolute Gasteiger partial charge is 0.295 e. The van der Waals surface area contributed by atoms with E-state index in [1.54, 1.807) is 6.20 Å². The van der Waals surface area contributed by atoms with Gasteiger partial charge in [0.1, 0.15) is 7.05 Å². The van der Waals surface area contributed by atoms with Gasteiger partial charge in [-0.1, -0.05) is 5.10 Å². The Balaban J connectivity index is 2.78. The van der Waals surface area contributed by atoms with E-state index in [0.717, 1.165) is 5.82 Å². The quantitative estimate of drug-likeness (QED) is 0.633. The van der Waals surface area contributed by atoms with Crippen molar-refractivity contribution in [2.24, 2.45) is 7.05 Å². The topological polar surface area (TPSA) is 28.8 Å². The molecule has 0 bridgehead atoms. The average molecular weight is 152 g/mol. The number of aromatic nitrogens is 2. The van der Waals surface area contributed by atoms with Crippen LogP contribution in [0, 0.1) is 0 Å². The van der Waals surface area contributed by atoms with E-state index in [1.165, 1.54) is 0 Å². The van der Waals surface area contributed by atoms with Gasteiger partial charge in [0.2, 0.25) is 0 Å². The van der Waals surface area contributed by atoms with Crippen molar-refractivity contribution in [1.82, 2.24) is 5.10 Å². The van der Waals surface area contributed by atoms with E-state index < -0.39 is 0 Å². The van der Waals surface area contributed by atoms with Crippen molar-refractivity contribution in [3.8, 4) is 0 Å². The van der Waals surface area contributed by atoms with Crippen LogP contribution in [0.4, 0.5) is 5.82 Å². The van der Waals surface area contributed by atoms with Crippen molar-refractivity contribution in [2.75, 3.05) is 5.32 Å². The van der Waals surface area contributed by atoms with Crippen molar-refractivity contribution < 1.29 is 4.68 Å². The van der Waals surface area contributed by atoms with E-state index in [4.69, 9.17) is 0 Å². The fraction of sp³-hybridized carbons (Fsp3) is 0.500. The molecule has 0 saturated heterocycles. The number of rotatable bonds is 2. The standard InChI is InChI=1S/C8H13N3/c1-7(2)10-8-5-4-6-9-11(8)3/h4-7H,1-3H3/p+1. The molecule has 1 N–H and O–H groups in total. The van der Waals surface area contributed by atoms with Gasteiger partial charge in [-0.05, 0) is 19.9 Å². The van der Waals surface area contributed by atoms with Crippen molar-refractivity contribution in [1.29, 1.82) is 0 Å². The van der Waals surface area contributed by atoms with E-state index in [0.29, 0.717) is 6.04 Å². The molecule has 3 nitrogen and oxygen atoms in total. The SMILES string of the molecule is CC(C)Nc1cccn[n+]1C. The molecule has 0 aliphatic heterocycles. The summed E-state index contributed by atoms with van der Waals surface area (Å²) in [5.74, 6) is 1.04. The molecule has 0 spiro atoms. The van der Waals surface area contributed by atoms with Gasteiger partial charge < -0.3 is 0 Å². The van der Waals surface area contributed by atoms with Gasteiger partial charge in [0.15, 0.2) is 0 Å². The zero-order chi connectivity index (χ0) is 8.27. The molecule has 3 heteroatoms. The second-order valence-electron chi connectivity index (χ2n) is 2.83. The van der Waals surface area contributed by atoms with Crippen molar-refractivity contribution in [3.05, 3.63) is 18.3 Å². The summed E-state index contributed by atoms with van der Waals surface area (Å²) in [6.45, 7) is 4.21. The van der Waals surface area contributed by atoms with Crippen LogP contribution in [-0.4, -0.2) is 11.1 Å². The minimum Gasteiger partial charge on any atom is -0.271 e. The van der Waals surface area contributed by atoms with Gasteiger partial charge >= 0.3 is 0 Å². The highest BCUT2D eigenvalue weighted by Gasteiger charge is 2.05. The highest BCUT2D eigenvalue weighted by molar-refractivity contribution is 5.26. The molecule has 0 fully saturated rings. The normalized spacial score (nSPS) is 10.2. The Labute approximate surface area is 67.1 Å². The van der Waals surface area contributed by atoms with Gasteiger partial charge in [-0.3, -0.25) is 5.32 Å². The first-order valence-corrected chi connectivity index (χ1v) is 3.78. The van der Waals surface area contributed by atoms with Crippen LogP contribution in [-0.2, 0) is 7.05 Å². The third kappa shape index (κ3) is 2.18. The molecule has 11 heavy (non-hydrogen) atoms. The lowest BCUT2D eigenvalue weighted by Gasteiger charge is -2.02. The molecule has 0 aliphatic carbocycles. The fourth-order valence-corrected chi connectivity index (χ4v) is 0.880. The molecule has 0 aliphatic rings. The number of hydrogen-bond donors (Lipinski definition) is 1. The summed E-state index contributed by atoms with van der Waals surface area (Å²) in [5, 5.41) is 7.36. The highest BCUT2D eigenvalue weighted by Crippen LogP contribution is 1.97. The van der Waals surface area contributed by atoms with E-state index >= 15 is 0 Å². The summed E-state index contributed by atoms with van der Waals surface area (Å²) in [5.41, 5.74) is 0. The number of hydrogen-bond acceptors (Lipinski definition) is 2. The Kier molecular flexibility index (Phi) is 2.41. The Morgan fingerprint density at radius 1 is 1.55 bits per heavy atom. The summed E-state index contributed by atoms with van der Waals surface area (Å²) in [6, 6.07) is 4.38. The van der Waals surface area contributed by atoms with E-state index in [2.05, 4.69) is 24.3 Å². The van der Waals surface area contributed by atoms with Crippen LogP contribution < -0.4 is 10.00 Å². The molecule has 1 aromatic heterocycles. The molecule has 0 aromatic carbocycles. The molecule has 60 valence electrons. The van der Waals surface area contributed by atoms with E-state index in [9.17, 15) is 0 Å². The second kappa shape index (κ2) is 3.32. The molecule has 0 amide bonds. The predicted octanol–water partition coefficient (Wildman–Crippen LogP) is 0.726. The van der Waals surface area contributed by atoms with Crippen LogP contribution in [0.15, 0.2) is 18.3 Å². The summed E-state index contributed by atoms with van der Waals surface area (Å²) in [6.07, 6.45) is 1.77. The summed E-state index contributed by atoms with van der Waals surface area (Å²) < 4.78 is 1.82. The van der Waals surface area contributed by atoms with Crippen LogP contribution in [0.1, 0.15) is 13.8 Å². The molecule has 0 saturated carbocycles. The van der Waals surface area contributed by atoms with Crippen LogP contribution in [0.5, 0.6) is 0 Å². The molecular formula is C8H14N3+. The predicted molar refractivity (Wildman–Crippen MR) is 44.2 cm³/mol. The number of nitrogens with zero attached hydrogens (tertiary/aromatic N) is 2. The van der Waals surface area contributed by atoms with Crippen LogP contribution in [0.3, 0.4) is 0 Å². The second-order valence-corrected chi connectivity index (χ2v) is 2.83. The van der Waals surface area contributed by atoms with E-state index in [-0.39, 0.29) is 0 Å². The highest BCUT2D eigenvalue weighted by atomic mass is 15.3.